The molecule has 4 heteroatoms. The summed E-state index contributed by atoms with van der Waals surface area (Å²) in [7, 11) is 0. The lowest BCUT2D eigenvalue weighted by molar-refractivity contribution is 1.17. The highest BCUT2D eigenvalue weighted by Crippen LogP contribution is 2.29. The average Bonchev–Trinajstić information content (AvgIpc) is 2.83. The third-order valence-electron chi connectivity index (χ3n) is 3.48. The Morgan fingerprint density at radius 1 is 1.20 bits per heavy atom. The van der Waals surface area contributed by atoms with Gasteiger partial charge in [0, 0.05) is 45.5 Å². The van der Waals surface area contributed by atoms with Crippen LogP contribution in [0.25, 0.3) is 10.8 Å². The van der Waals surface area contributed by atoms with E-state index in [1.807, 2.05) is 25.3 Å². The predicted molar refractivity (Wildman–Crippen MR) is 87.3 cm³/mol. The lowest BCUT2D eigenvalue weighted by Gasteiger charge is -2.11. The van der Waals surface area contributed by atoms with Crippen LogP contribution < -0.4 is 11.1 Å². The van der Waals surface area contributed by atoms with E-state index in [-0.39, 0.29) is 0 Å². The van der Waals surface area contributed by atoms with Gasteiger partial charge in [-0.2, -0.15) is 0 Å². The number of fused-ring (bicyclic) bond motifs is 1. The zero-order valence-electron chi connectivity index (χ0n) is 11.6. The van der Waals surface area contributed by atoms with Crippen molar-refractivity contribution in [3.63, 3.8) is 0 Å². The van der Waals surface area contributed by atoms with Crippen LogP contribution in [-0.2, 0) is 6.54 Å². The summed E-state index contributed by atoms with van der Waals surface area (Å²) >= 11 is 1.78. The smallest absolute Gasteiger partial charge is 0.0497 e. The maximum atomic E-state index is 6.02. The van der Waals surface area contributed by atoms with E-state index in [1.165, 1.54) is 10.4 Å². The fourth-order valence-corrected chi connectivity index (χ4v) is 3.13. The van der Waals surface area contributed by atoms with Crippen LogP contribution in [-0.4, -0.2) is 4.98 Å². The minimum atomic E-state index is 0.769. The number of nitrogens with one attached hydrogen (secondary N) is 1. The SMILES string of the molecule is Cc1cc2c(NCc3sccc3C)ccc(N)c2cn1. The van der Waals surface area contributed by atoms with Crippen LogP contribution >= 0.6 is 11.3 Å². The number of aryl methyl sites for hydroxylation is 2. The lowest BCUT2D eigenvalue weighted by Crippen LogP contribution is -2.01. The quantitative estimate of drug-likeness (QED) is 0.711. The van der Waals surface area contributed by atoms with Crippen molar-refractivity contribution in [2.24, 2.45) is 0 Å². The number of thiophene rings is 1. The first-order chi connectivity index (χ1) is 9.65. The molecule has 0 atom stereocenters. The second-order valence-corrected chi connectivity index (χ2v) is 5.95. The van der Waals surface area contributed by atoms with Gasteiger partial charge < -0.3 is 11.1 Å². The summed E-state index contributed by atoms with van der Waals surface area (Å²) in [6.45, 7) is 4.97. The molecule has 20 heavy (non-hydrogen) atoms. The minimum Gasteiger partial charge on any atom is -0.398 e. The van der Waals surface area contributed by atoms with E-state index in [2.05, 4.69) is 34.7 Å². The largest absolute Gasteiger partial charge is 0.398 e. The summed E-state index contributed by atoms with van der Waals surface area (Å²) < 4.78 is 0. The van der Waals surface area contributed by atoms with Crippen LogP contribution in [0.5, 0.6) is 0 Å². The highest BCUT2D eigenvalue weighted by atomic mass is 32.1. The van der Waals surface area contributed by atoms with Crippen LogP contribution in [0.2, 0.25) is 0 Å². The second-order valence-electron chi connectivity index (χ2n) is 4.95. The Labute approximate surface area is 122 Å². The monoisotopic (exact) mass is 283 g/mol. The number of aromatic nitrogens is 1. The van der Waals surface area contributed by atoms with Gasteiger partial charge in [-0.15, -0.1) is 11.3 Å². The van der Waals surface area contributed by atoms with E-state index in [9.17, 15) is 0 Å². The molecule has 3 aromatic rings. The van der Waals surface area contributed by atoms with Gasteiger partial charge in [0.1, 0.15) is 0 Å². The van der Waals surface area contributed by atoms with E-state index in [1.54, 1.807) is 11.3 Å². The first-order valence-electron chi connectivity index (χ1n) is 6.57. The van der Waals surface area contributed by atoms with Gasteiger partial charge in [0.2, 0.25) is 0 Å². The summed E-state index contributed by atoms with van der Waals surface area (Å²) in [5, 5.41) is 7.77. The highest BCUT2D eigenvalue weighted by molar-refractivity contribution is 7.10. The van der Waals surface area contributed by atoms with Crippen LogP contribution in [0.1, 0.15) is 16.1 Å². The number of rotatable bonds is 3. The van der Waals surface area contributed by atoms with Crippen molar-refractivity contribution in [1.29, 1.82) is 0 Å². The lowest BCUT2D eigenvalue weighted by atomic mass is 10.1. The molecule has 3 N–H and O–H groups in total. The van der Waals surface area contributed by atoms with Crippen molar-refractivity contribution in [2.75, 3.05) is 11.1 Å². The minimum absolute atomic E-state index is 0.769. The second kappa shape index (κ2) is 5.13. The van der Waals surface area contributed by atoms with Gasteiger partial charge in [0.05, 0.1) is 0 Å². The molecule has 0 unspecified atom stereocenters. The van der Waals surface area contributed by atoms with Gasteiger partial charge in [-0.3, -0.25) is 4.98 Å². The third kappa shape index (κ3) is 2.34. The Morgan fingerprint density at radius 2 is 2.05 bits per heavy atom. The molecule has 0 aliphatic heterocycles. The average molecular weight is 283 g/mol. The molecular weight excluding hydrogens is 266 g/mol. The molecule has 0 fully saturated rings. The molecule has 2 heterocycles. The van der Waals surface area contributed by atoms with E-state index < -0.39 is 0 Å². The molecular formula is C16H17N3S. The molecule has 0 amide bonds. The molecule has 102 valence electrons. The number of nitrogen functional groups attached to an aromatic ring is 1. The maximum Gasteiger partial charge on any atom is 0.0497 e. The highest BCUT2D eigenvalue weighted by Gasteiger charge is 2.06. The summed E-state index contributed by atoms with van der Waals surface area (Å²) in [5.74, 6) is 0. The van der Waals surface area contributed by atoms with Crippen LogP contribution in [0.15, 0.2) is 35.8 Å². The topological polar surface area (TPSA) is 50.9 Å². The third-order valence-corrected chi connectivity index (χ3v) is 4.50. The van der Waals surface area contributed by atoms with Gasteiger partial charge in [-0.05, 0) is 49.1 Å². The number of benzene rings is 1. The Hall–Kier alpha value is -2.07. The molecule has 0 aliphatic rings. The molecule has 0 saturated heterocycles. The van der Waals surface area contributed by atoms with Crippen LogP contribution in [0, 0.1) is 13.8 Å². The number of nitrogens with zero attached hydrogens (tertiary/aromatic N) is 1. The summed E-state index contributed by atoms with van der Waals surface area (Å²) in [5.41, 5.74) is 10.2. The Morgan fingerprint density at radius 3 is 2.80 bits per heavy atom. The Balaban J connectivity index is 1.97. The fraction of sp³-hybridized carbons (Fsp3) is 0.188. The van der Waals surface area contributed by atoms with Crippen molar-refractivity contribution < 1.29 is 0 Å². The molecule has 0 saturated carbocycles. The maximum absolute atomic E-state index is 6.02. The standard InChI is InChI=1S/C16H17N3S/c1-10-5-6-20-16(10)9-19-15-4-3-14(17)13-8-18-11(2)7-12(13)15/h3-8,19H,9,17H2,1-2H3. The van der Waals surface area contributed by atoms with E-state index in [0.717, 1.165) is 34.4 Å². The molecule has 3 nitrogen and oxygen atoms in total. The van der Waals surface area contributed by atoms with E-state index in [4.69, 9.17) is 5.73 Å². The Kier molecular flexibility index (Phi) is 3.32. The summed E-state index contributed by atoms with van der Waals surface area (Å²) in [6.07, 6.45) is 1.85. The summed E-state index contributed by atoms with van der Waals surface area (Å²) in [4.78, 5) is 5.69. The van der Waals surface area contributed by atoms with Crippen molar-refractivity contribution >= 4 is 33.5 Å². The number of hydrogen-bond donors (Lipinski definition) is 2. The fourth-order valence-electron chi connectivity index (χ4n) is 2.28. The molecule has 0 bridgehead atoms. The van der Waals surface area contributed by atoms with Gasteiger partial charge >= 0.3 is 0 Å². The molecule has 0 spiro atoms. The van der Waals surface area contributed by atoms with Crippen molar-refractivity contribution in [3.8, 4) is 0 Å². The molecule has 1 aromatic carbocycles. The van der Waals surface area contributed by atoms with Crippen molar-refractivity contribution in [3.05, 3.63) is 52.0 Å². The van der Waals surface area contributed by atoms with Crippen molar-refractivity contribution in [1.82, 2.24) is 4.98 Å². The molecule has 0 aliphatic carbocycles. The van der Waals surface area contributed by atoms with E-state index in [0.29, 0.717) is 0 Å². The van der Waals surface area contributed by atoms with Crippen molar-refractivity contribution in [2.45, 2.75) is 20.4 Å². The summed E-state index contributed by atoms with van der Waals surface area (Å²) in [6, 6.07) is 8.20. The van der Waals surface area contributed by atoms with Gasteiger partial charge in [0.25, 0.3) is 0 Å². The zero-order chi connectivity index (χ0) is 14.1. The van der Waals surface area contributed by atoms with Crippen LogP contribution in [0.3, 0.4) is 0 Å². The normalized spacial score (nSPS) is 10.9. The Bertz CT molecular complexity index is 762. The predicted octanol–water partition coefficient (Wildman–Crippen LogP) is 4.11. The number of anilines is 2. The van der Waals surface area contributed by atoms with Gasteiger partial charge in [-0.1, -0.05) is 0 Å². The molecule has 0 radical (unpaired) electrons. The number of pyridine rings is 1. The van der Waals surface area contributed by atoms with E-state index >= 15 is 0 Å². The number of hydrogen-bond acceptors (Lipinski definition) is 4. The number of nitrogens with two attached hydrogens (primary N) is 1. The molecule has 2 aromatic heterocycles. The first-order valence-corrected chi connectivity index (χ1v) is 7.45. The van der Waals surface area contributed by atoms with Gasteiger partial charge in [-0.25, -0.2) is 0 Å². The van der Waals surface area contributed by atoms with Crippen LogP contribution in [0.4, 0.5) is 11.4 Å². The van der Waals surface area contributed by atoms with Gasteiger partial charge in [0.15, 0.2) is 0 Å². The molecule has 3 rings (SSSR count). The zero-order valence-corrected chi connectivity index (χ0v) is 12.4. The first kappa shape index (κ1) is 12.9.